The Kier molecular flexibility index (Phi) is 8.34. The van der Waals surface area contributed by atoms with Gasteiger partial charge in [-0.05, 0) is 121 Å². The molecule has 2 heterocycles. The Morgan fingerprint density at radius 1 is 0.366 bits per heavy atom. The largest absolute Gasteiger partial charge is 0.456 e. The number of nitrogens with zero attached hydrogens (tertiary/aromatic N) is 1. The van der Waals surface area contributed by atoms with Crippen molar-refractivity contribution in [3.05, 3.63) is 270 Å². The monoisotopic (exact) mass is 907 g/mol. The van der Waals surface area contributed by atoms with E-state index in [1.807, 2.05) is 0 Å². The molecule has 2 aliphatic rings. The molecule has 2 aromatic heterocycles. The maximum absolute atomic E-state index is 7.61. The second kappa shape index (κ2) is 14.8. The number of para-hydroxylation sites is 2. The van der Waals surface area contributed by atoms with Crippen LogP contribution in [-0.4, -0.2) is 0 Å². The summed E-state index contributed by atoms with van der Waals surface area (Å²) in [5.74, 6) is 0. The number of benzene rings is 11. The number of rotatable bonds is 6. The lowest BCUT2D eigenvalue weighted by molar-refractivity contribution is 0.660. The SMILES string of the molecule is CC1(C)c2ccccc2-c2ccc(N(c3ccc4ccccc4c3)c3cccc4c3oc3c(-c5ccc6c(c5)C(c5ccccc5)(c5ccccc5)c5ccccc5-6)c5c(cc34)oc3ccccc35)cc21. The molecule has 334 valence electrons. The van der Waals surface area contributed by atoms with E-state index in [1.54, 1.807) is 0 Å². The van der Waals surface area contributed by atoms with E-state index in [-0.39, 0.29) is 5.41 Å². The first kappa shape index (κ1) is 40.0. The van der Waals surface area contributed by atoms with Gasteiger partial charge in [0.2, 0.25) is 0 Å². The number of hydrogen-bond acceptors (Lipinski definition) is 3. The minimum atomic E-state index is -0.566. The van der Waals surface area contributed by atoms with E-state index in [2.05, 4.69) is 255 Å². The van der Waals surface area contributed by atoms with Gasteiger partial charge in [-0.3, -0.25) is 0 Å². The van der Waals surface area contributed by atoms with Crippen LogP contribution in [0.15, 0.2) is 245 Å². The van der Waals surface area contributed by atoms with Crippen LogP contribution >= 0.6 is 0 Å². The van der Waals surface area contributed by atoms with Gasteiger partial charge in [0.15, 0.2) is 5.58 Å². The van der Waals surface area contributed by atoms with Gasteiger partial charge in [-0.1, -0.05) is 202 Å². The summed E-state index contributed by atoms with van der Waals surface area (Å²) in [7, 11) is 0. The Hall–Kier alpha value is -8.92. The van der Waals surface area contributed by atoms with Crippen molar-refractivity contribution >= 4 is 71.7 Å². The average molecular weight is 908 g/mol. The van der Waals surface area contributed by atoms with Crippen molar-refractivity contribution in [1.82, 2.24) is 0 Å². The van der Waals surface area contributed by atoms with Crippen LogP contribution in [-0.2, 0) is 10.8 Å². The second-order valence-corrected chi connectivity index (χ2v) is 19.9. The van der Waals surface area contributed by atoms with Crippen molar-refractivity contribution in [2.45, 2.75) is 24.7 Å². The van der Waals surface area contributed by atoms with Crippen molar-refractivity contribution in [2.75, 3.05) is 4.90 Å². The molecule has 0 radical (unpaired) electrons. The van der Waals surface area contributed by atoms with Gasteiger partial charge in [0.1, 0.15) is 16.7 Å². The molecule has 15 rings (SSSR count). The Balaban J connectivity index is 1.02. The van der Waals surface area contributed by atoms with Gasteiger partial charge < -0.3 is 13.7 Å². The zero-order valence-corrected chi connectivity index (χ0v) is 39.3. The van der Waals surface area contributed by atoms with Gasteiger partial charge in [0, 0.05) is 43.9 Å². The van der Waals surface area contributed by atoms with Gasteiger partial charge in [0.25, 0.3) is 0 Å². The number of fused-ring (bicyclic) bond motifs is 13. The highest BCUT2D eigenvalue weighted by atomic mass is 16.3. The number of anilines is 3. The fraction of sp³-hybridized carbons (Fsp3) is 0.0588. The van der Waals surface area contributed by atoms with Gasteiger partial charge in [0.05, 0.1) is 11.1 Å². The highest BCUT2D eigenvalue weighted by Gasteiger charge is 2.46. The van der Waals surface area contributed by atoms with Crippen LogP contribution in [0.25, 0.3) is 88.0 Å². The van der Waals surface area contributed by atoms with Gasteiger partial charge in [-0.15, -0.1) is 0 Å². The van der Waals surface area contributed by atoms with Crippen LogP contribution in [0.4, 0.5) is 17.1 Å². The van der Waals surface area contributed by atoms with Crippen molar-refractivity contribution in [3.63, 3.8) is 0 Å². The van der Waals surface area contributed by atoms with Crippen LogP contribution in [0.1, 0.15) is 47.2 Å². The van der Waals surface area contributed by atoms with E-state index >= 15 is 0 Å². The molecule has 3 nitrogen and oxygen atoms in total. The molecule has 0 saturated carbocycles. The molecule has 0 amide bonds. The maximum atomic E-state index is 7.61. The normalized spacial score (nSPS) is 14.0. The first-order valence-corrected chi connectivity index (χ1v) is 24.7. The highest BCUT2D eigenvalue weighted by Crippen LogP contribution is 2.58. The predicted octanol–water partition coefficient (Wildman–Crippen LogP) is 18.4. The van der Waals surface area contributed by atoms with Crippen LogP contribution in [0.3, 0.4) is 0 Å². The van der Waals surface area contributed by atoms with Gasteiger partial charge >= 0.3 is 0 Å². The van der Waals surface area contributed by atoms with Crippen LogP contribution < -0.4 is 4.90 Å². The molecule has 2 aliphatic carbocycles. The van der Waals surface area contributed by atoms with Crippen LogP contribution in [0.5, 0.6) is 0 Å². The van der Waals surface area contributed by atoms with Crippen LogP contribution in [0, 0.1) is 0 Å². The Labute approximate surface area is 411 Å². The summed E-state index contributed by atoms with van der Waals surface area (Å²) in [4.78, 5) is 2.40. The molecule has 11 aromatic carbocycles. The summed E-state index contributed by atoms with van der Waals surface area (Å²) in [5, 5.41) is 6.51. The highest BCUT2D eigenvalue weighted by molar-refractivity contribution is 6.24. The standard InChI is InChI=1S/C68H45NO2/c1-67(2)56-28-14-11-24-49(56)51-37-35-48(40-58(51)67)69(47-34-32-42-18-9-10-19-43(42)38-47)60-30-17-27-53-55-41-62-64(54-26-13-16-31-61(54)70-62)63(66(55)71-65(53)60)44-33-36-52-50-25-12-15-29-57(50)68(59(52)39-44,45-20-5-3-6-21-45)46-22-7-4-8-23-46/h3-41H,1-2H3. The lowest BCUT2D eigenvalue weighted by atomic mass is 9.67. The molecule has 3 heteroatoms. The first-order chi connectivity index (χ1) is 35.0. The summed E-state index contributed by atoms with van der Waals surface area (Å²) >= 11 is 0. The second-order valence-electron chi connectivity index (χ2n) is 19.9. The fourth-order valence-electron chi connectivity index (χ4n) is 12.7. The smallest absolute Gasteiger partial charge is 0.159 e. The molecule has 0 atom stereocenters. The topological polar surface area (TPSA) is 29.5 Å². The Morgan fingerprint density at radius 3 is 1.77 bits per heavy atom. The summed E-state index contributed by atoms with van der Waals surface area (Å²) in [6.45, 7) is 4.70. The molecule has 0 N–H and O–H groups in total. The van der Waals surface area contributed by atoms with Gasteiger partial charge in [-0.25, -0.2) is 0 Å². The molecule has 0 fully saturated rings. The van der Waals surface area contributed by atoms with E-state index < -0.39 is 5.41 Å². The number of furan rings is 2. The first-order valence-electron chi connectivity index (χ1n) is 24.7. The van der Waals surface area contributed by atoms with Crippen molar-refractivity contribution in [3.8, 4) is 33.4 Å². The van der Waals surface area contributed by atoms with Crippen molar-refractivity contribution in [1.29, 1.82) is 0 Å². The summed E-state index contributed by atoms with van der Waals surface area (Å²) in [5.41, 5.74) is 20.5. The minimum absolute atomic E-state index is 0.177. The lowest BCUT2D eigenvalue weighted by Crippen LogP contribution is -2.28. The Morgan fingerprint density at radius 2 is 0.972 bits per heavy atom. The maximum Gasteiger partial charge on any atom is 0.159 e. The quantitative estimate of drug-likeness (QED) is 0.166. The molecule has 13 aromatic rings. The molecule has 0 unspecified atom stereocenters. The summed E-state index contributed by atoms with van der Waals surface area (Å²) < 4.78 is 14.5. The Bertz CT molecular complexity index is 4290. The molecular weight excluding hydrogens is 863 g/mol. The van der Waals surface area contributed by atoms with Crippen molar-refractivity contribution in [2.24, 2.45) is 0 Å². The zero-order valence-electron chi connectivity index (χ0n) is 39.3. The average Bonchev–Trinajstić information content (AvgIpc) is 4.14. The molecule has 0 saturated heterocycles. The molecule has 0 aliphatic heterocycles. The fourth-order valence-corrected chi connectivity index (χ4v) is 12.7. The van der Waals surface area contributed by atoms with E-state index in [0.717, 1.165) is 72.1 Å². The third-order valence-corrected chi connectivity index (χ3v) is 15.9. The van der Waals surface area contributed by atoms with Crippen molar-refractivity contribution < 1.29 is 8.83 Å². The van der Waals surface area contributed by atoms with Crippen LogP contribution in [0.2, 0.25) is 0 Å². The van der Waals surface area contributed by atoms with Gasteiger partial charge in [-0.2, -0.15) is 0 Å². The molecule has 71 heavy (non-hydrogen) atoms. The lowest BCUT2D eigenvalue weighted by Gasteiger charge is -2.34. The summed E-state index contributed by atoms with van der Waals surface area (Å²) in [6.07, 6.45) is 0. The zero-order chi connectivity index (χ0) is 47.0. The van der Waals surface area contributed by atoms with E-state index in [1.165, 1.54) is 66.4 Å². The molecule has 0 spiro atoms. The third kappa shape index (κ3) is 5.55. The van der Waals surface area contributed by atoms with E-state index in [9.17, 15) is 0 Å². The molecular formula is C68H45NO2. The minimum Gasteiger partial charge on any atom is -0.456 e. The predicted molar refractivity (Wildman–Crippen MR) is 293 cm³/mol. The third-order valence-electron chi connectivity index (χ3n) is 15.9. The summed E-state index contributed by atoms with van der Waals surface area (Å²) in [6, 6.07) is 86.6. The molecule has 0 bridgehead atoms. The van der Waals surface area contributed by atoms with E-state index in [4.69, 9.17) is 8.83 Å². The van der Waals surface area contributed by atoms with E-state index in [0.29, 0.717) is 0 Å². The number of hydrogen-bond donors (Lipinski definition) is 0.